The monoisotopic (exact) mass is 338 g/mol. The molecule has 1 amide bonds. The Morgan fingerprint density at radius 3 is 2.61 bits per heavy atom. The van der Waals surface area contributed by atoms with Crippen molar-refractivity contribution in [3.63, 3.8) is 0 Å². The lowest BCUT2D eigenvalue weighted by atomic mass is 9.87. The summed E-state index contributed by atoms with van der Waals surface area (Å²) in [5.41, 5.74) is 1.40. The van der Waals surface area contributed by atoms with E-state index in [1.165, 1.54) is 19.3 Å². The van der Waals surface area contributed by atoms with Crippen LogP contribution in [-0.4, -0.2) is 20.6 Å². The van der Waals surface area contributed by atoms with Crippen molar-refractivity contribution in [1.29, 1.82) is 0 Å². The molecule has 2 N–H and O–H groups in total. The molecule has 0 bridgehead atoms. The van der Waals surface area contributed by atoms with Crippen LogP contribution in [-0.2, 0) is 14.8 Å². The number of rotatable bonds is 6. The van der Waals surface area contributed by atoms with Gasteiger partial charge < -0.3 is 5.32 Å². The molecule has 23 heavy (non-hydrogen) atoms. The van der Waals surface area contributed by atoms with E-state index in [1.807, 2.05) is 13.0 Å². The second-order valence-electron chi connectivity index (χ2n) is 6.50. The number of carbonyl (C=O) groups excluding carboxylic acids is 1. The van der Waals surface area contributed by atoms with Crippen LogP contribution >= 0.6 is 0 Å². The highest BCUT2D eigenvalue weighted by molar-refractivity contribution is 7.92. The van der Waals surface area contributed by atoms with Crippen LogP contribution < -0.4 is 10.0 Å². The summed E-state index contributed by atoms with van der Waals surface area (Å²) in [5.74, 6) is 0.583. The summed E-state index contributed by atoms with van der Waals surface area (Å²) in [5, 5.41) is 3.02. The largest absolute Gasteiger partial charge is 0.350 e. The van der Waals surface area contributed by atoms with Gasteiger partial charge >= 0.3 is 0 Å². The van der Waals surface area contributed by atoms with E-state index in [9.17, 15) is 13.2 Å². The van der Waals surface area contributed by atoms with E-state index >= 15 is 0 Å². The van der Waals surface area contributed by atoms with Gasteiger partial charge in [-0.15, -0.1) is 0 Å². The zero-order valence-corrected chi connectivity index (χ0v) is 14.7. The van der Waals surface area contributed by atoms with Gasteiger partial charge in [-0.05, 0) is 43.4 Å². The van der Waals surface area contributed by atoms with Crippen molar-refractivity contribution < 1.29 is 13.2 Å². The fourth-order valence-electron chi connectivity index (χ4n) is 3.12. The number of amides is 1. The Balaban J connectivity index is 1.93. The Labute approximate surface area is 138 Å². The Hall–Kier alpha value is -1.56. The number of hydrogen-bond acceptors (Lipinski definition) is 3. The minimum Gasteiger partial charge on any atom is -0.350 e. The van der Waals surface area contributed by atoms with E-state index in [4.69, 9.17) is 0 Å². The first kappa shape index (κ1) is 17.8. The summed E-state index contributed by atoms with van der Waals surface area (Å²) in [6, 6.07) is 6.98. The van der Waals surface area contributed by atoms with Crippen molar-refractivity contribution >= 4 is 21.6 Å². The van der Waals surface area contributed by atoms with Gasteiger partial charge in [-0.2, -0.15) is 0 Å². The van der Waals surface area contributed by atoms with Crippen LogP contribution in [0.15, 0.2) is 24.3 Å². The Kier molecular flexibility index (Phi) is 6.04. The molecule has 0 radical (unpaired) electrons. The maximum atomic E-state index is 12.2. The Bertz CT molecular complexity index is 637. The molecule has 0 aromatic heterocycles. The Morgan fingerprint density at radius 2 is 1.96 bits per heavy atom. The number of sulfonamides is 1. The molecular formula is C17H26N2O3S. The van der Waals surface area contributed by atoms with Gasteiger partial charge in [0.15, 0.2) is 0 Å². The zero-order chi connectivity index (χ0) is 16.9. The van der Waals surface area contributed by atoms with Crippen LogP contribution in [0, 0.1) is 5.92 Å². The highest BCUT2D eigenvalue weighted by atomic mass is 32.2. The van der Waals surface area contributed by atoms with Crippen LogP contribution in [0.25, 0.3) is 0 Å². The summed E-state index contributed by atoms with van der Waals surface area (Å²) in [6.07, 6.45) is 7.75. The molecule has 5 nitrogen and oxygen atoms in total. The van der Waals surface area contributed by atoms with Gasteiger partial charge in [-0.25, -0.2) is 8.42 Å². The SMILES string of the molecule is C[C@@H](NC(=O)CC1CCCCC1)c1cccc(NS(C)(=O)=O)c1. The molecule has 1 aliphatic rings. The predicted molar refractivity (Wildman–Crippen MR) is 92.7 cm³/mol. The normalized spacial score (nSPS) is 17.5. The molecule has 1 saturated carbocycles. The van der Waals surface area contributed by atoms with E-state index in [0.29, 0.717) is 18.0 Å². The van der Waals surface area contributed by atoms with E-state index in [2.05, 4.69) is 10.0 Å². The van der Waals surface area contributed by atoms with Crippen molar-refractivity contribution in [2.24, 2.45) is 5.92 Å². The molecule has 0 heterocycles. The number of benzene rings is 1. The van der Waals surface area contributed by atoms with Crippen molar-refractivity contribution in [2.45, 2.75) is 51.5 Å². The van der Waals surface area contributed by atoms with Crippen LogP contribution in [0.5, 0.6) is 0 Å². The molecule has 0 unspecified atom stereocenters. The van der Waals surface area contributed by atoms with E-state index in [0.717, 1.165) is 24.7 Å². The van der Waals surface area contributed by atoms with Gasteiger partial charge in [0, 0.05) is 12.1 Å². The molecular weight excluding hydrogens is 312 g/mol. The smallest absolute Gasteiger partial charge is 0.229 e. The molecule has 1 atom stereocenters. The summed E-state index contributed by atoms with van der Waals surface area (Å²) in [6.45, 7) is 1.92. The van der Waals surface area contributed by atoms with Gasteiger partial charge in [0.1, 0.15) is 0 Å². The molecule has 128 valence electrons. The number of hydrogen-bond donors (Lipinski definition) is 2. The third-order valence-electron chi connectivity index (χ3n) is 4.27. The standard InChI is InChI=1S/C17H26N2O3S/c1-13(18-17(20)11-14-7-4-3-5-8-14)15-9-6-10-16(12-15)19-23(2,21)22/h6,9-10,12-14,19H,3-5,7-8,11H2,1-2H3,(H,18,20)/t13-/m1/s1. The molecule has 1 aromatic rings. The number of carbonyl (C=O) groups is 1. The van der Waals surface area contributed by atoms with Crippen LogP contribution in [0.3, 0.4) is 0 Å². The van der Waals surface area contributed by atoms with Crippen molar-refractivity contribution in [3.05, 3.63) is 29.8 Å². The molecule has 1 fully saturated rings. The van der Waals surface area contributed by atoms with Gasteiger partial charge in [0.05, 0.1) is 12.3 Å². The Morgan fingerprint density at radius 1 is 1.26 bits per heavy atom. The maximum Gasteiger partial charge on any atom is 0.229 e. The quantitative estimate of drug-likeness (QED) is 0.836. The predicted octanol–water partition coefficient (Wildman–Crippen LogP) is 3.21. The van der Waals surface area contributed by atoms with Crippen LogP contribution in [0.1, 0.15) is 57.1 Å². The third-order valence-corrected chi connectivity index (χ3v) is 4.87. The lowest BCUT2D eigenvalue weighted by Crippen LogP contribution is -2.29. The average Bonchev–Trinajstić information content (AvgIpc) is 2.46. The summed E-state index contributed by atoms with van der Waals surface area (Å²) in [4.78, 5) is 12.2. The van der Waals surface area contributed by atoms with E-state index in [1.54, 1.807) is 18.2 Å². The van der Waals surface area contributed by atoms with Crippen molar-refractivity contribution in [3.8, 4) is 0 Å². The fourth-order valence-corrected chi connectivity index (χ4v) is 3.68. The van der Waals surface area contributed by atoms with Gasteiger partial charge in [-0.3, -0.25) is 9.52 Å². The van der Waals surface area contributed by atoms with Gasteiger partial charge in [0.25, 0.3) is 0 Å². The second kappa shape index (κ2) is 7.81. The first-order valence-corrected chi connectivity index (χ1v) is 10.1. The summed E-state index contributed by atoms with van der Waals surface area (Å²) < 4.78 is 25.1. The van der Waals surface area contributed by atoms with Gasteiger partial charge in [0.2, 0.25) is 15.9 Å². The van der Waals surface area contributed by atoms with Crippen molar-refractivity contribution in [1.82, 2.24) is 5.32 Å². The molecule has 1 aromatic carbocycles. The molecule has 0 saturated heterocycles. The average molecular weight is 338 g/mol. The molecule has 6 heteroatoms. The topological polar surface area (TPSA) is 75.3 Å². The maximum absolute atomic E-state index is 12.2. The first-order chi connectivity index (χ1) is 10.8. The lowest BCUT2D eigenvalue weighted by molar-refractivity contribution is -0.122. The summed E-state index contributed by atoms with van der Waals surface area (Å²) in [7, 11) is -3.30. The molecule has 2 rings (SSSR count). The fraction of sp³-hybridized carbons (Fsp3) is 0.588. The van der Waals surface area contributed by atoms with Crippen LogP contribution in [0.4, 0.5) is 5.69 Å². The number of nitrogens with one attached hydrogen (secondary N) is 2. The van der Waals surface area contributed by atoms with Gasteiger partial charge in [-0.1, -0.05) is 31.4 Å². The second-order valence-corrected chi connectivity index (χ2v) is 8.25. The highest BCUT2D eigenvalue weighted by Crippen LogP contribution is 2.26. The van der Waals surface area contributed by atoms with Crippen LogP contribution in [0.2, 0.25) is 0 Å². The molecule has 1 aliphatic carbocycles. The minimum atomic E-state index is -3.30. The first-order valence-electron chi connectivity index (χ1n) is 8.20. The lowest BCUT2D eigenvalue weighted by Gasteiger charge is -2.22. The highest BCUT2D eigenvalue weighted by Gasteiger charge is 2.18. The third kappa shape index (κ3) is 6.22. The van der Waals surface area contributed by atoms with E-state index < -0.39 is 10.0 Å². The zero-order valence-electron chi connectivity index (χ0n) is 13.8. The molecule has 0 spiro atoms. The minimum absolute atomic E-state index is 0.0749. The molecule has 0 aliphatic heterocycles. The summed E-state index contributed by atoms with van der Waals surface area (Å²) >= 11 is 0. The number of anilines is 1. The van der Waals surface area contributed by atoms with Crippen molar-refractivity contribution in [2.75, 3.05) is 11.0 Å². The van der Waals surface area contributed by atoms with E-state index in [-0.39, 0.29) is 11.9 Å².